The van der Waals surface area contributed by atoms with Gasteiger partial charge in [-0.25, -0.2) is 0 Å². The summed E-state index contributed by atoms with van der Waals surface area (Å²) in [6, 6.07) is 4.65. The van der Waals surface area contributed by atoms with E-state index in [0.717, 1.165) is 25.9 Å². The van der Waals surface area contributed by atoms with Gasteiger partial charge in [0.25, 0.3) is 11.6 Å². The van der Waals surface area contributed by atoms with Crippen LogP contribution in [0.15, 0.2) is 18.2 Å². The number of nitrogens with one attached hydrogen (secondary N) is 1. The lowest BCUT2D eigenvalue weighted by Gasteiger charge is -2.27. The topological polar surface area (TPSA) is 75.5 Å². The number of amides is 1. The lowest BCUT2D eigenvalue weighted by molar-refractivity contribution is -0.385. The van der Waals surface area contributed by atoms with Gasteiger partial charge in [-0.3, -0.25) is 14.9 Å². The average Bonchev–Trinajstić information content (AvgIpc) is 2.47. The second kappa shape index (κ2) is 6.67. The van der Waals surface area contributed by atoms with Gasteiger partial charge in [0.15, 0.2) is 0 Å². The number of nitrogens with zero attached hydrogens (tertiary/aromatic N) is 2. The fourth-order valence-corrected chi connectivity index (χ4v) is 2.79. The van der Waals surface area contributed by atoms with Crippen LogP contribution in [0.3, 0.4) is 0 Å². The molecule has 0 unspecified atom stereocenters. The van der Waals surface area contributed by atoms with E-state index in [2.05, 4.69) is 5.32 Å². The molecule has 0 atom stereocenters. The first-order valence-corrected chi connectivity index (χ1v) is 7.21. The third-order valence-corrected chi connectivity index (χ3v) is 4.07. The van der Waals surface area contributed by atoms with Crippen LogP contribution < -0.4 is 5.32 Å². The Morgan fingerprint density at radius 1 is 1.43 bits per heavy atom. The lowest BCUT2D eigenvalue weighted by Crippen LogP contribution is -2.37. The normalized spacial score (nSPS) is 15.7. The van der Waals surface area contributed by atoms with Crippen LogP contribution >= 0.6 is 0 Å². The van der Waals surface area contributed by atoms with E-state index in [1.165, 1.54) is 6.07 Å². The molecule has 21 heavy (non-hydrogen) atoms. The van der Waals surface area contributed by atoms with Crippen molar-refractivity contribution < 1.29 is 9.72 Å². The summed E-state index contributed by atoms with van der Waals surface area (Å²) in [5, 5.41) is 14.3. The minimum absolute atomic E-state index is 0.00360. The summed E-state index contributed by atoms with van der Waals surface area (Å²) in [7, 11) is 1.77. The molecule has 1 aliphatic rings. The molecular weight excluding hydrogens is 270 g/mol. The molecular formula is C15H21N3O3. The first-order valence-electron chi connectivity index (χ1n) is 7.21. The molecule has 0 aliphatic carbocycles. The summed E-state index contributed by atoms with van der Waals surface area (Å²) < 4.78 is 0. The Bertz CT molecular complexity index is 539. The maximum Gasteiger partial charge on any atom is 0.273 e. The van der Waals surface area contributed by atoms with E-state index in [0.29, 0.717) is 23.6 Å². The first-order chi connectivity index (χ1) is 10.0. The Kier molecular flexibility index (Phi) is 4.90. The number of carbonyl (C=O) groups is 1. The van der Waals surface area contributed by atoms with E-state index in [1.807, 2.05) is 0 Å². The smallest absolute Gasteiger partial charge is 0.273 e. The van der Waals surface area contributed by atoms with E-state index in [4.69, 9.17) is 0 Å². The van der Waals surface area contributed by atoms with Crippen molar-refractivity contribution in [2.75, 3.05) is 26.7 Å². The predicted octanol–water partition coefficient (Wildman–Crippen LogP) is 1.97. The van der Waals surface area contributed by atoms with Crippen molar-refractivity contribution in [1.29, 1.82) is 0 Å². The quantitative estimate of drug-likeness (QED) is 0.680. The van der Waals surface area contributed by atoms with Crippen LogP contribution in [0.5, 0.6) is 0 Å². The summed E-state index contributed by atoms with van der Waals surface area (Å²) in [5.74, 6) is 0.355. The number of hydrogen-bond acceptors (Lipinski definition) is 4. The number of nitro benzene ring substituents is 1. The average molecular weight is 291 g/mol. The highest BCUT2D eigenvalue weighted by Crippen LogP contribution is 2.23. The van der Waals surface area contributed by atoms with Crippen molar-refractivity contribution >= 4 is 11.6 Å². The second-order valence-corrected chi connectivity index (χ2v) is 5.59. The highest BCUT2D eigenvalue weighted by Gasteiger charge is 2.23. The van der Waals surface area contributed by atoms with Crippen LogP contribution in [0.4, 0.5) is 5.69 Å². The molecule has 1 aromatic carbocycles. The molecule has 0 radical (unpaired) electrons. The van der Waals surface area contributed by atoms with Gasteiger partial charge < -0.3 is 10.2 Å². The van der Waals surface area contributed by atoms with Gasteiger partial charge in [0.05, 0.1) is 4.92 Å². The van der Waals surface area contributed by atoms with E-state index in [9.17, 15) is 14.9 Å². The van der Waals surface area contributed by atoms with Crippen LogP contribution in [0.25, 0.3) is 0 Å². The van der Waals surface area contributed by atoms with Crippen LogP contribution in [0.2, 0.25) is 0 Å². The molecule has 6 nitrogen and oxygen atoms in total. The zero-order chi connectivity index (χ0) is 15.4. The van der Waals surface area contributed by atoms with Crippen molar-refractivity contribution in [3.63, 3.8) is 0 Å². The number of benzene rings is 1. The fraction of sp³-hybridized carbons (Fsp3) is 0.533. The number of nitro groups is 1. The highest BCUT2D eigenvalue weighted by atomic mass is 16.6. The van der Waals surface area contributed by atoms with E-state index in [1.54, 1.807) is 31.0 Å². The monoisotopic (exact) mass is 291 g/mol. The van der Waals surface area contributed by atoms with Crippen LogP contribution in [-0.2, 0) is 0 Å². The summed E-state index contributed by atoms with van der Waals surface area (Å²) in [6.45, 7) is 4.30. The molecule has 1 aliphatic heterocycles. The molecule has 1 saturated heterocycles. The Hall–Kier alpha value is -1.95. The molecule has 0 saturated carbocycles. The molecule has 6 heteroatoms. The van der Waals surface area contributed by atoms with Crippen molar-refractivity contribution in [2.45, 2.75) is 19.8 Å². The molecule has 1 fully saturated rings. The molecule has 1 heterocycles. The van der Waals surface area contributed by atoms with Gasteiger partial charge in [-0.1, -0.05) is 6.07 Å². The van der Waals surface area contributed by atoms with Crippen molar-refractivity contribution in [1.82, 2.24) is 10.2 Å². The zero-order valence-electron chi connectivity index (χ0n) is 12.5. The number of hydrogen-bond donors (Lipinski definition) is 1. The van der Waals surface area contributed by atoms with Gasteiger partial charge >= 0.3 is 0 Å². The van der Waals surface area contributed by atoms with E-state index in [-0.39, 0.29) is 11.6 Å². The maximum absolute atomic E-state index is 12.5. The molecule has 1 N–H and O–H groups in total. The number of piperidine rings is 1. The summed E-state index contributed by atoms with van der Waals surface area (Å²) in [4.78, 5) is 24.7. The van der Waals surface area contributed by atoms with E-state index >= 15 is 0 Å². The maximum atomic E-state index is 12.5. The molecule has 0 spiro atoms. The fourth-order valence-electron chi connectivity index (χ4n) is 2.79. The van der Waals surface area contributed by atoms with Gasteiger partial charge in [-0.05, 0) is 44.8 Å². The first kappa shape index (κ1) is 15.4. The zero-order valence-corrected chi connectivity index (χ0v) is 12.5. The summed E-state index contributed by atoms with van der Waals surface area (Å²) in [6.07, 6.45) is 2.12. The third-order valence-electron chi connectivity index (χ3n) is 4.07. The van der Waals surface area contributed by atoms with Gasteiger partial charge in [0, 0.05) is 30.8 Å². The van der Waals surface area contributed by atoms with Crippen LogP contribution in [0.1, 0.15) is 28.8 Å². The predicted molar refractivity (Wildman–Crippen MR) is 80.4 cm³/mol. The minimum Gasteiger partial charge on any atom is -0.341 e. The summed E-state index contributed by atoms with van der Waals surface area (Å²) >= 11 is 0. The number of carbonyl (C=O) groups excluding carboxylic acids is 1. The lowest BCUT2D eigenvalue weighted by atomic mass is 9.97. The standard InChI is InChI=1S/C15H21N3O3/c1-11-13(4-3-5-14(11)18(20)21)15(19)17(2)10-12-6-8-16-9-7-12/h3-5,12,16H,6-10H2,1-2H3. The Labute approximate surface area is 124 Å². The molecule has 2 rings (SSSR count). The van der Waals surface area contributed by atoms with Gasteiger partial charge in [0.2, 0.25) is 0 Å². The Morgan fingerprint density at radius 3 is 2.71 bits per heavy atom. The molecule has 1 amide bonds. The van der Waals surface area contributed by atoms with Crippen molar-refractivity contribution in [3.05, 3.63) is 39.4 Å². The van der Waals surface area contributed by atoms with E-state index < -0.39 is 4.92 Å². The van der Waals surface area contributed by atoms with Crippen LogP contribution in [-0.4, -0.2) is 42.4 Å². The Balaban J connectivity index is 2.11. The highest BCUT2D eigenvalue weighted by molar-refractivity contribution is 5.96. The Morgan fingerprint density at radius 2 is 2.10 bits per heavy atom. The van der Waals surface area contributed by atoms with Crippen molar-refractivity contribution in [3.8, 4) is 0 Å². The molecule has 0 aromatic heterocycles. The largest absolute Gasteiger partial charge is 0.341 e. The van der Waals surface area contributed by atoms with Crippen LogP contribution in [0, 0.1) is 23.0 Å². The molecule has 114 valence electrons. The SMILES string of the molecule is Cc1c(C(=O)N(C)CC2CCNCC2)cccc1[N+](=O)[O-]. The molecule has 0 bridgehead atoms. The summed E-state index contributed by atoms with van der Waals surface area (Å²) in [5.41, 5.74) is 0.849. The minimum atomic E-state index is -0.446. The number of rotatable bonds is 4. The third kappa shape index (κ3) is 3.58. The van der Waals surface area contributed by atoms with Gasteiger partial charge in [0.1, 0.15) is 0 Å². The molecule has 1 aromatic rings. The second-order valence-electron chi connectivity index (χ2n) is 5.59. The van der Waals surface area contributed by atoms with Gasteiger partial charge in [-0.15, -0.1) is 0 Å². The van der Waals surface area contributed by atoms with Crippen molar-refractivity contribution in [2.24, 2.45) is 5.92 Å². The van der Waals surface area contributed by atoms with Gasteiger partial charge in [-0.2, -0.15) is 0 Å².